The predicted octanol–water partition coefficient (Wildman–Crippen LogP) is 1.12. The fourth-order valence-corrected chi connectivity index (χ4v) is 1.47. The maximum atomic E-state index is 12.9. The second-order valence-electron chi connectivity index (χ2n) is 3.51. The number of aromatic amines is 1. The summed E-state index contributed by atoms with van der Waals surface area (Å²) < 4.78 is 18.0. The molecule has 0 saturated heterocycles. The number of aromatic nitrogens is 2. The first kappa shape index (κ1) is 11.8. The fourth-order valence-electron chi connectivity index (χ4n) is 1.47. The van der Waals surface area contributed by atoms with Gasteiger partial charge in [-0.1, -0.05) is 0 Å². The monoisotopic (exact) mass is 239 g/mol. The van der Waals surface area contributed by atoms with Crippen LogP contribution in [0.1, 0.15) is 0 Å². The Kier molecular flexibility index (Phi) is 3.89. The number of aliphatic hydroxyl groups is 1. The van der Waals surface area contributed by atoms with E-state index in [0.717, 1.165) is 0 Å². The molecule has 1 aromatic carbocycles. The molecule has 0 saturated carbocycles. The van der Waals surface area contributed by atoms with Crippen LogP contribution in [-0.2, 0) is 4.74 Å². The second kappa shape index (κ2) is 5.60. The highest BCUT2D eigenvalue weighted by Crippen LogP contribution is 2.14. The molecule has 2 aromatic rings. The van der Waals surface area contributed by atoms with E-state index in [1.165, 1.54) is 12.1 Å². The lowest BCUT2D eigenvalue weighted by Gasteiger charge is -2.02. The Hall–Kier alpha value is -1.66. The molecule has 0 aliphatic carbocycles. The molecule has 0 aliphatic rings. The third-order valence-corrected chi connectivity index (χ3v) is 2.22. The predicted molar refractivity (Wildman–Crippen MR) is 62.4 cm³/mol. The van der Waals surface area contributed by atoms with Gasteiger partial charge < -0.3 is 20.1 Å². The molecule has 1 heterocycles. The summed E-state index contributed by atoms with van der Waals surface area (Å²) in [6.45, 7) is 1.39. The summed E-state index contributed by atoms with van der Waals surface area (Å²) in [6, 6.07) is 4.39. The average molecular weight is 239 g/mol. The molecule has 17 heavy (non-hydrogen) atoms. The molecule has 0 amide bonds. The molecule has 5 nitrogen and oxygen atoms in total. The molecular formula is C11H14FN3O2. The maximum Gasteiger partial charge on any atom is 0.201 e. The van der Waals surface area contributed by atoms with E-state index < -0.39 is 0 Å². The Morgan fingerprint density at radius 2 is 2.29 bits per heavy atom. The van der Waals surface area contributed by atoms with Crippen LogP contribution >= 0.6 is 0 Å². The third kappa shape index (κ3) is 3.15. The van der Waals surface area contributed by atoms with Crippen molar-refractivity contribution < 1.29 is 14.2 Å². The quantitative estimate of drug-likeness (QED) is 0.661. The van der Waals surface area contributed by atoms with Crippen molar-refractivity contribution in [1.29, 1.82) is 0 Å². The first-order valence-corrected chi connectivity index (χ1v) is 5.37. The summed E-state index contributed by atoms with van der Waals surface area (Å²) in [4.78, 5) is 7.19. The highest BCUT2D eigenvalue weighted by Gasteiger charge is 2.02. The van der Waals surface area contributed by atoms with Crippen molar-refractivity contribution in [3.63, 3.8) is 0 Å². The zero-order valence-electron chi connectivity index (χ0n) is 9.24. The van der Waals surface area contributed by atoms with E-state index in [9.17, 15) is 4.39 Å². The normalized spacial score (nSPS) is 10.9. The van der Waals surface area contributed by atoms with Crippen LogP contribution < -0.4 is 5.32 Å². The van der Waals surface area contributed by atoms with Gasteiger partial charge in [-0.3, -0.25) is 0 Å². The third-order valence-electron chi connectivity index (χ3n) is 2.22. The Labute approximate surface area is 97.6 Å². The lowest BCUT2D eigenvalue weighted by Crippen LogP contribution is -2.11. The molecule has 0 fully saturated rings. The Balaban J connectivity index is 1.91. The number of aliphatic hydroxyl groups excluding tert-OH is 1. The number of hydrogen-bond donors (Lipinski definition) is 3. The van der Waals surface area contributed by atoms with E-state index in [-0.39, 0.29) is 12.4 Å². The van der Waals surface area contributed by atoms with E-state index in [0.29, 0.717) is 36.7 Å². The number of anilines is 1. The van der Waals surface area contributed by atoms with Crippen LogP contribution in [0.4, 0.5) is 10.3 Å². The summed E-state index contributed by atoms with van der Waals surface area (Å²) in [5.74, 6) is 0.289. The van der Waals surface area contributed by atoms with Gasteiger partial charge in [0.05, 0.1) is 30.9 Å². The van der Waals surface area contributed by atoms with Crippen molar-refractivity contribution in [1.82, 2.24) is 9.97 Å². The Morgan fingerprint density at radius 3 is 3.12 bits per heavy atom. The number of nitrogens with one attached hydrogen (secondary N) is 2. The van der Waals surface area contributed by atoms with Gasteiger partial charge in [0.1, 0.15) is 5.82 Å². The summed E-state index contributed by atoms with van der Waals surface area (Å²) in [6.07, 6.45) is 0. The van der Waals surface area contributed by atoms with Crippen LogP contribution in [0.5, 0.6) is 0 Å². The number of imidazole rings is 1. The highest BCUT2D eigenvalue weighted by atomic mass is 19.1. The molecule has 0 aliphatic heterocycles. The minimum absolute atomic E-state index is 0.0178. The Bertz CT molecular complexity index is 487. The lowest BCUT2D eigenvalue weighted by atomic mass is 10.3. The van der Waals surface area contributed by atoms with E-state index >= 15 is 0 Å². The van der Waals surface area contributed by atoms with Crippen LogP contribution in [0.3, 0.4) is 0 Å². The van der Waals surface area contributed by atoms with Crippen molar-refractivity contribution in [2.24, 2.45) is 0 Å². The standard InChI is InChI=1S/C11H14FN3O2/c12-8-1-2-9-10(7-8)15-11(14-9)13-3-5-17-6-4-16/h1-2,7,16H,3-6H2,(H2,13,14,15). The van der Waals surface area contributed by atoms with Crippen LogP contribution in [0.2, 0.25) is 0 Å². The highest BCUT2D eigenvalue weighted by molar-refractivity contribution is 5.77. The first-order valence-electron chi connectivity index (χ1n) is 5.37. The lowest BCUT2D eigenvalue weighted by molar-refractivity contribution is 0.0991. The molecule has 0 spiro atoms. The second-order valence-corrected chi connectivity index (χ2v) is 3.51. The molecule has 1 aromatic heterocycles. The topological polar surface area (TPSA) is 70.2 Å². The van der Waals surface area contributed by atoms with Gasteiger partial charge in [-0.15, -0.1) is 0 Å². The van der Waals surface area contributed by atoms with Gasteiger partial charge in [0, 0.05) is 6.54 Å². The maximum absolute atomic E-state index is 12.9. The fraction of sp³-hybridized carbons (Fsp3) is 0.364. The van der Waals surface area contributed by atoms with Gasteiger partial charge in [-0.25, -0.2) is 9.37 Å². The van der Waals surface area contributed by atoms with Crippen molar-refractivity contribution in [3.05, 3.63) is 24.0 Å². The van der Waals surface area contributed by atoms with Gasteiger partial charge in [-0.2, -0.15) is 0 Å². The summed E-state index contributed by atoms with van der Waals surface area (Å²) in [5.41, 5.74) is 1.37. The Morgan fingerprint density at radius 1 is 1.41 bits per heavy atom. The molecule has 92 valence electrons. The van der Waals surface area contributed by atoms with Crippen LogP contribution in [-0.4, -0.2) is 41.4 Å². The van der Waals surface area contributed by atoms with Crippen LogP contribution in [0.15, 0.2) is 18.2 Å². The van der Waals surface area contributed by atoms with Crippen LogP contribution in [0.25, 0.3) is 11.0 Å². The minimum Gasteiger partial charge on any atom is -0.394 e. The SMILES string of the molecule is OCCOCCNc1nc2ccc(F)cc2[nH]1. The van der Waals surface area contributed by atoms with Crippen molar-refractivity contribution >= 4 is 17.0 Å². The van der Waals surface area contributed by atoms with Crippen molar-refractivity contribution in [3.8, 4) is 0 Å². The average Bonchev–Trinajstić information content (AvgIpc) is 2.70. The van der Waals surface area contributed by atoms with E-state index in [2.05, 4.69) is 15.3 Å². The van der Waals surface area contributed by atoms with E-state index in [1.807, 2.05) is 0 Å². The molecule has 2 rings (SSSR count). The number of benzene rings is 1. The van der Waals surface area contributed by atoms with Gasteiger partial charge in [0.15, 0.2) is 0 Å². The molecule has 0 bridgehead atoms. The van der Waals surface area contributed by atoms with E-state index in [4.69, 9.17) is 9.84 Å². The number of ether oxygens (including phenoxy) is 1. The number of H-pyrrole nitrogens is 1. The summed E-state index contributed by atoms with van der Waals surface area (Å²) in [5, 5.41) is 11.5. The van der Waals surface area contributed by atoms with Crippen LogP contribution in [0, 0.1) is 5.82 Å². The number of halogens is 1. The largest absolute Gasteiger partial charge is 0.394 e. The molecule has 0 atom stereocenters. The number of fused-ring (bicyclic) bond motifs is 1. The van der Waals surface area contributed by atoms with Crippen molar-refractivity contribution in [2.45, 2.75) is 0 Å². The first-order chi connectivity index (χ1) is 8.29. The smallest absolute Gasteiger partial charge is 0.201 e. The molecular weight excluding hydrogens is 225 g/mol. The van der Waals surface area contributed by atoms with Crippen molar-refractivity contribution in [2.75, 3.05) is 31.7 Å². The van der Waals surface area contributed by atoms with Gasteiger partial charge >= 0.3 is 0 Å². The molecule has 0 radical (unpaired) electrons. The summed E-state index contributed by atoms with van der Waals surface area (Å²) in [7, 11) is 0. The number of rotatable bonds is 6. The van der Waals surface area contributed by atoms with Gasteiger partial charge in [-0.05, 0) is 18.2 Å². The number of nitrogens with zero attached hydrogens (tertiary/aromatic N) is 1. The molecule has 0 unspecified atom stereocenters. The van der Waals surface area contributed by atoms with Gasteiger partial charge in [0.2, 0.25) is 5.95 Å². The zero-order chi connectivity index (χ0) is 12.1. The minimum atomic E-state index is -0.293. The number of hydrogen-bond acceptors (Lipinski definition) is 4. The van der Waals surface area contributed by atoms with Gasteiger partial charge in [0.25, 0.3) is 0 Å². The molecule has 3 N–H and O–H groups in total. The van der Waals surface area contributed by atoms with E-state index in [1.54, 1.807) is 6.07 Å². The molecule has 6 heteroatoms. The summed E-state index contributed by atoms with van der Waals surface area (Å²) >= 11 is 0. The zero-order valence-corrected chi connectivity index (χ0v) is 9.24.